The number of pyridine rings is 1. The molecule has 1 amide bonds. The maximum atomic E-state index is 12.6. The second kappa shape index (κ2) is 6.08. The predicted octanol–water partition coefficient (Wildman–Crippen LogP) is 2.23. The molecule has 0 bridgehead atoms. The number of hydrogen-bond acceptors (Lipinski definition) is 4. The van der Waals surface area contributed by atoms with Crippen LogP contribution >= 0.6 is 0 Å². The van der Waals surface area contributed by atoms with E-state index in [1.807, 2.05) is 59.1 Å². The Morgan fingerprint density at radius 2 is 1.92 bits per heavy atom. The van der Waals surface area contributed by atoms with Crippen LogP contribution in [0.2, 0.25) is 0 Å². The van der Waals surface area contributed by atoms with E-state index in [2.05, 4.69) is 20.5 Å². The first-order valence-corrected chi connectivity index (χ1v) is 7.71. The van der Waals surface area contributed by atoms with Gasteiger partial charge in [-0.1, -0.05) is 36.4 Å². The third-order valence-electron chi connectivity index (χ3n) is 3.91. The molecule has 4 rings (SSSR count). The summed E-state index contributed by atoms with van der Waals surface area (Å²) in [5, 5.41) is 11.1. The van der Waals surface area contributed by atoms with Crippen molar-refractivity contribution in [2.24, 2.45) is 4.99 Å². The molecule has 6 nitrogen and oxygen atoms in total. The number of hydrogen-bond donors (Lipinski definition) is 1. The van der Waals surface area contributed by atoms with Gasteiger partial charge in [-0.15, -0.1) is 10.2 Å². The molecule has 0 unspecified atom stereocenters. The van der Waals surface area contributed by atoms with Crippen LogP contribution in [0.15, 0.2) is 65.3 Å². The third-order valence-corrected chi connectivity index (χ3v) is 3.91. The van der Waals surface area contributed by atoms with Crippen LogP contribution in [0.1, 0.15) is 17.8 Å². The molecule has 1 aromatic carbocycles. The van der Waals surface area contributed by atoms with E-state index in [-0.39, 0.29) is 5.91 Å². The van der Waals surface area contributed by atoms with Crippen LogP contribution in [-0.2, 0) is 11.3 Å². The summed E-state index contributed by atoms with van der Waals surface area (Å²) < 4.78 is 1.86. The zero-order chi connectivity index (χ0) is 16.4. The SMILES string of the molecule is O=C(NCc1nnc2ccccn12)C1=C(c2ccccc2)N=CC1. The molecule has 1 aliphatic heterocycles. The van der Waals surface area contributed by atoms with Gasteiger partial charge in [-0.3, -0.25) is 14.2 Å². The van der Waals surface area contributed by atoms with E-state index in [4.69, 9.17) is 0 Å². The van der Waals surface area contributed by atoms with Crippen LogP contribution in [0.25, 0.3) is 11.3 Å². The van der Waals surface area contributed by atoms with Crippen molar-refractivity contribution in [3.8, 4) is 0 Å². The van der Waals surface area contributed by atoms with E-state index >= 15 is 0 Å². The number of benzene rings is 1. The zero-order valence-corrected chi connectivity index (χ0v) is 12.9. The molecule has 6 heteroatoms. The monoisotopic (exact) mass is 317 g/mol. The topological polar surface area (TPSA) is 71.7 Å². The number of amides is 1. The molecule has 0 aliphatic carbocycles. The maximum Gasteiger partial charge on any atom is 0.250 e. The number of nitrogens with zero attached hydrogens (tertiary/aromatic N) is 4. The van der Waals surface area contributed by atoms with Crippen molar-refractivity contribution in [1.29, 1.82) is 0 Å². The van der Waals surface area contributed by atoms with Crippen molar-refractivity contribution < 1.29 is 4.79 Å². The smallest absolute Gasteiger partial charge is 0.250 e. The summed E-state index contributed by atoms with van der Waals surface area (Å²) in [6.45, 7) is 0.315. The Balaban J connectivity index is 1.54. The van der Waals surface area contributed by atoms with Crippen LogP contribution in [0, 0.1) is 0 Å². The van der Waals surface area contributed by atoms with Gasteiger partial charge in [0.15, 0.2) is 11.5 Å². The lowest BCUT2D eigenvalue weighted by molar-refractivity contribution is -0.117. The molecule has 2 aromatic heterocycles. The minimum Gasteiger partial charge on any atom is -0.345 e. The van der Waals surface area contributed by atoms with Crippen LogP contribution < -0.4 is 5.32 Å². The average molecular weight is 317 g/mol. The highest BCUT2D eigenvalue weighted by Crippen LogP contribution is 2.26. The Morgan fingerprint density at radius 1 is 1.08 bits per heavy atom. The average Bonchev–Trinajstić information content (AvgIpc) is 3.28. The normalized spacial score (nSPS) is 13.7. The van der Waals surface area contributed by atoms with Crippen LogP contribution in [0.4, 0.5) is 0 Å². The molecule has 24 heavy (non-hydrogen) atoms. The Morgan fingerprint density at radius 3 is 2.79 bits per heavy atom. The molecule has 1 aliphatic rings. The molecular weight excluding hydrogens is 302 g/mol. The molecule has 1 N–H and O–H groups in total. The Bertz CT molecular complexity index is 956. The van der Waals surface area contributed by atoms with Crippen LogP contribution in [0.3, 0.4) is 0 Å². The number of fused-ring (bicyclic) bond motifs is 1. The third kappa shape index (κ3) is 2.58. The lowest BCUT2D eigenvalue weighted by atomic mass is 10.1. The highest BCUT2D eigenvalue weighted by atomic mass is 16.1. The minimum absolute atomic E-state index is 0.126. The molecule has 0 saturated carbocycles. The van der Waals surface area contributed by atoms with Gasteiger partial charge in [0.05, 0.1) is 12.2 Å². The quantitative estimate of drug-likeness (QED) is 0.802. The highest BCUT2D eigenvalue weighted by Gasteiger charge is 2.19. The second-order valence-electron chi connectivity index (χ2n) is 5.44. The van der Waals surface area contributed by atoms with Gasteiger partial charge in [-0.25, -0.2) is 0 Å². The first-order valence-electron chi connectivity index (χ1n) is 7.71. The summed E-state index contributed by atoms with van der Waals surface area (Å²) in [4.78, 5) is 16.9. The van der Waals surface area contributed by atoms with E-state index in [1.54, 1.807) is 6.21 Å². The molecule has 118 valence electrons. The summed E-state index contributed by atoms with van der Waals surface area (Å²) in [5.41, 5.74) is 3.12. The first kappa shape index (κ1) is 14.3. The molecule has 0 radical (unpaired) electrons. The molecule has 0 saturated heterocycles. The fourth-order valence-corrected chi connectivity index (χ4v) is 2.73. The van der Waals surface area contributed by atoms with Crippen molar-refractivity contribution in [1.82, 2.24) is 19.9 Å². The number of rotatable bonds is 4. The summed E-state index contributed by atoms with van der Waals surface area (Å²) in [5.74, 6) is 0.568. The number of aliphatic imine (C=N–C) groups is 1. The predicted molar refractivity (Wildman–Crippen MR) is 91.3 cm³/mol. The van der Waals surface area contributed by atoms with Crippen LogP contribution in [-0.4, -0.2) is 26.7 Å². The highest BCUT2D eigenvalue weighted by molar-refractivity contribution is 6.06. The first-order chi connectivity index (χ1) is 11.8. The fourth-order valence-electron chi connectivity index (χ4n) is 2.73. The number of nitrogens with one attached hydrogen (secondary N) is 1. The van der Waals surface area contributed by atoms with Crippen molar-refractivity contribution >= 4 is 23.5 Å². The largest absolute Gasteiger partial charge is 0.345 e. The minimum atomic E-state index is -0.126. The van der Waals surface area contributed by atoms with Crippen LogP contribution in [0.5, 0.6) is 0 Å². The van der Waals surface area contributed by atoms with Crippen molar-refractivity contribution in [3.63, 3.8) is 0 Å². The van der Waals surface area contributed by atoms with E-state index in [1.165, 1.54) is 0 Å². The number of carbonyl (C=O) groups excluding carboxylic acids is 1. The van der Waals surface area contributed by atoms with Gasteiger partial charge in [0, 0.05) is 30.0 Å². The molecule has 3 heterocycles. The molecule has 0 fully saturated rings. The molecule has 0 atom stereocenters. The van der Waals surface area contributed by atoms with E-state index in [0.29, 0.717) is 24.4 Å². The molecule has 0 spiro atoms. The summed E-state index contributed by atoms with van der Waals surface area (Å²) in [6, 6.07) is 15.4. The van der Waals surface area contributed by atoms with E-state index in [9.17, 15) is 4.79 Å². The molecular formula is C18H15N5O. The van der Waals surface area contributed by atoms with Gasteiger partial charge in [0.2, 0.25) is 5.91 Å². The van der Waals surface area contributed by atoms with Gasteiger partial charge in [-0.05, 0) is 12.1 Å². The Labute approximate surface area is 138 Å². The second-order valence-corrected chi connectivity index (χ2v) is 5.44. The van der Waals surface area contributed by atoms with Crippen molar-refractivity contribution in [2.45, 2.75) is 13.0 Å². The van der Waals surface area contributed by atoms with Gasteiger partial charge >= 0.3 is 0 Å². The lowest BCUT2D eigenvalue weighted by Crippen LogP contribution is -2.25. The van der Waals surface area contributed by atoms with Crippen molar-refractivity contribution in [2.75, 3.05) is 0 Å². The van der Waals surface area contributed by atoms with E-state index < -0.39 is 0 Å². The van der Waals surface area contributed by atoms with Gasteiger partial charge in [0.25, 0.3) is 0 Å². The molecule has 3 aromatic rings. The Hall–Kier alpha value is -3.28. The van der Waals surface area contributed by atoms with Gasteiger partial charge in [-0.2, -0.15) is 0 Å². The number of aromatic nitrogens is 3. The summed E-state index contributed by atoms with van der Waals surface area (Å²) >= 11 is 0. The fraction of sp³-hybridized carbons (Fsp3) is 0.111. The Kier molecular flexibility index (Phi) is 3.63. The summed E-state index contributed by atoms with van der Waals surface area (Å²) in [7, 11) is 0. The standard InChI is InChI=1S/C18H15N5O/c24-18(14-9-10-19-17(14)13-6-2-1-3-7-13)20-12-16-22-21-15-8-4-5-11-23(15)16/h1-8,10-11H,9,12H2,(H,20,24). The zero-order valence-electron chi connectivity index (χ0n) is 12.9. The summed E-state index contributed by atoms with van der Waals surface area (Å²) in [6.07, 6.45) is 4.19. The van der Waals surface area contributed by atoms with Crippen molar-refractivity contribution in [3.05, 3.63) is 71.7 Å². The van der Waals surface area contributed by atoms with E-state index in [0.717, 1.165) is 16.9 Å². The lowest BCUT2D eigenvalue weighted by Gasteiger charge is -2.07. The van der Waals surface area contributed by atoms with Gasteiger partial charge < -0.3 is 5.32 Å². The number of carbonyl (C=O) groups is 1. The maximum absolute atomic E-state index is 12.6. The van der Waals surface area contributed by atoms with Gasteiger partial charge in [0.1, 0.15) is 0 Å².